The highest BCUT2D eigenvalue weighted by Gasteiger charge is 2.30. The average Bonchev–Trinajstić information content (AvgIpc) is 3.26. The van der Waals surface area contributed by atoms with Crippen LogP contribution in [0.3, 0.4) is 0 Å². The lowest BCUT2D eigenvalue weighted by Gasteiger charge is -2.24. The van der Waals surface area contributed by atoms with Crippen molar-refractivity contribution in [2.45, 2.75) is 25.3 Å². The lowest BCUT2D eigenvalue weighted by atomic mass is 10.1. The summed E-state index contributed by atoms with van der Waals surface area (Å²) in [6.07, 6.45) is 8.37. The Labute approximate surface area is 134 Å². The van der Waals surface area contributed by atoms with E-state index >= 15 is 0 Å². The molecule has 1 aromatic carbocycles. The van der Waals surface area contributed by atoms with E-state index in [2.05, 4.69) is 16.1 Å². The molecule has 0 unspecified atom stereocenters. The fourth-order valence-electron chi connectivity index (χ4n) is 3.57. The van der Waals surface area contributed by atoms with Crippen LogP contribution in [0.4, 0.5) is 0 Å². The van der Waals surface area contributed by atoms with Crippen molar-refractivity contribution in [1.29, 1.82) is 0 Å². The van der Waals surface area contributed by atoms with Gasteiger partial charge in [-0.3, -0.25) is 9.48 Å². The first kappa shape index (κ1) is 14.1. The minimum absolute atomic E-state index is 0.168. The number of amides is 1. The van der Waals surface area contributed by atoms with Crippen LogP contribution in [0.5, 0.6) is 0 Å². The second-order valence-corrected chi connectivity index (χ2v) is 6.23. The van der Waals surface area contributed by atoms with Gasteiger partial charge < -0.3 is 9.88 Å². The highest BCUT2D eigenvalue weighted by molar-refractivity contribution is 5.89. The van der Waals surface area contributed by atoms with E-state index in [4.69, 9.17) is 0 Å². The summed E-state index contributed by atoms with van der Waals surface area (Å²) in [4.78, 5) is 18.1. The molecule has 5 heteroatoms. The van der Waals surface area contributed by atoms with E-state index in [0.717, 1.165) is 41.4 Å². The topological polar surface area (TPSA) is 53.9 Å². The SMILES string of the molecule is Cn1cc([C@@H]2CCCN2C(=O)Cc2c[nH]c3ccccc23)cn1. The maximum Gasteiger partial charge on any atom is 0.227 e. The van der Waals surface area contributed by atoms with Gasteiger partial charge in [0.2, 0.25) is 5.91 Å². The Balaban J connectivity index is 1.56. The van der Waals surface area contributed by atoms with Crippen LogP contribution in [0.25, 0.3) is 10.9 Å². The molecule has 1 amide bonds. The van der Waals surface area contributed by atoms with E-state index in [9.17, 15) is 4.79 Å². The predicted molar refractivity (Wildman–Crippen MR) is 88.9 cm³/mol. The average molecular weight is 308 g/mol. The number of likely N-dealkylation sites (tertiary alicyclic amines) is 1. The minimum Gasteiger partial charge on any atom is -0.361 e. The van der Waals surface area contributed by atoms with Gasteiger partial charge in [0, 0.05) is 42.5 Å². The second kappa shape index (κ2) is 5.57. The first-order chi connectivity index (χ1) is 11.2. The molecular weight excluding hydrogens is 288 g/mol. The number of hydrogen-bond donors (Lipinski definition) is 1. The summed E-state index contributed by atoms with van der Waals surface area (Å²) in [6, 6.07) is 8.29. The summed E-state index contributed by atoms with van der Waals surface area (Å²) in [5.41, 5.74) is 3.29. The number of aromatic amines is 1. The maximum atomic E-state index is 12.8. The third-order valence-electron chi connectivity index (χ3n) is 4.70. The summed E-state index contributed by atoms with van der Waals surface area (Å²) < 4.78 is 1.80. The Bertz CT molecular complexity index is 847. The summed E-state index contributed by atoms with van der Waals surface area (Å²) in [6.45, 7) is 0.834. The van der Waals surface area contributed by atoms with Crippen molar-refractivity contribution in [3.63, 3.8) is 0 Å². The molecule has 5 nitrogen and oxygen atoms in total. The van der Waals surface area contributed by atoms with E-state index < -0.39 is 0 Å². The van der Waals surface area contributed by atoms with E-state index in [0.29, 0.717) is 6.42 Å². The standard InChI is InChI=1S/C18H20N4O/c1-21-12-14(11-20-21)17-7-4-8-22(17)18(23)9-13-10-19-16-6-3-2-5-15(13)16/h2-3,5-6,10-12,17,19H,4,7-9H2,1H3/t17-/m0/s1. The summed E-state index contributed by atoms with van der Waals surface area (Å²) in [7, 11) is 1.91. The van der Waals surface area contributed by atoms with Crippen molar-refractivity contribution in [2.75, 3.05) is 6.54 Å². The van der Waals surface area contributed by atoms with Crippen LogP contribution >= 0.6 is 0 Å². The van der Waals surface area contributed by atoms with Crippen molar-refractivity contribution >= 4 is 16.8 Å². The van der Waals surface area contributed by atoms with Gasteiger partial charge in [0.15, 0.2) is 0 Å². The van der Waals surface area contributed by atoms with Crippen molar-refractivity contribution < 1.29 is 4.79 Å². The zero-order chi connectivity index (χ0) is 15.8. The highest BCUT2D eigenvalue weighted by atomic mass is 16.2. The first-order valence-corrected chi connectivity index (χ1v) is 8.05. The lowest BCUT2D eigenvalue weighted by molar-refractivity contribution is -0.131. The molecule has 0 saturated carbocycles. The molecule has 3 aromatic rings. The minimum atomic E-state index is 0.168. The Morgan fingerprint density at radius 3 is 3.09 bits per heavy atom. The monoisotopic (exact) mass is 308 g/mol. The first-order valence-electron chi connectivity index (χ1n) is 8.05. The van der Waals surface area contributed by atoms with Gasteiger partial charge in [0.1, 0.15) is 0 Å². The third-order valence-corrected chi connectivity index (χ3v) is 4.70. The van der Waals surface area contributed by atoms with Crippen molar-refractivity contribution in [3.05, 3.63) is 54.0 Å². The van der Waals surface area contributed by atoms with E-state index in [1.54, 1.807) is 4.68 Å². The fraction of sp³-hybridized carbons (Fsp3) is 0.333. The largest absolute Gasteiger partial charge is 0.361 e. The van der Waals surface area contributed by atoms with Gasteiger partial charge in [0.05, 0.1) is 18.7 Å². The molecule has 1 N–H and O–H groups in total. The van der Waals surface area contributed by atoms with Gasteiger partial charge in [-0.1, -0.05) is 18.2 Å². The third kappa shape index (κ3) is 2.52. The normalized spacial score (nSPS) is 18.0. The molecule has 0 radical (unpaired) electrons. The van der Waals surface area contributed by atoms with Crippen molar-refractivity contribution in [1.82, 2.24) is 19.7 Å². The number of aryl methyl sites for hydroxylation is 1. The smallest absolute Gasteiger partial charge is 0.227 e. The molecule has 1 aliphatic heterocycles. The molecule has 4 rings (SSSR count). The van der Waals surface area contributed by atoms with E-state index in [1.165, 1.54) is 0 Å². The second-order valence-electron chi connectivity index (χ2n) is 6.23. The Hall–Kier alpha value is -2.56. The number of fused-ring (bicyclic) bond motifs is 1. The molecule has 0 spiro atoms. The number of nitrogens with one attached hydrogen (secondary N) is 1. The molecule has 1 saturated heterocycles. The fourth-order valence-corrected chi connectivity index (χ4v) is 3.57. The number of carbonyl (C=O) groups is 1. The maximum absolute atomic E-state index is 12.8. The van der Waals surface area contributed by atoms with Crippen LogP contribution in [0.1, 0.15) is 30.0 Å². The van der Waals surface area contributed by atoms with Crippen molar-refractivity contribution in [2.24, 2.45) is 7.05 Å². The molecule has 2 aromatic heterocycles. The van der Waals surface area contributed by atoms with E-state index in [-0.39, 0.29) is 11.9 Å². The van der Waals surface area contributed by atoms with Crippen LogP contribution in [0.2, 0.25) is 0 Å². The van der Waals surface area contributed by atoms with Crippen LogP contribution < -0.4 is 0 Å². The number of benzene rings is 1. The van der Waals surface area contributed by atoms with Gasteiger partial charge in [-0.15, -0.1) is 0 Å². The van der Waals surface area contributed by atoms with Gasteiger partial charge in [-0.05, 0) is 24.5 Å². The van der Waals surface area contributed by atoms with Gasteiger partial charge >= 0.3 is 0 Å². The summed E-state index contributed by atoms with van der Waals surface area (Å²) >= 11 is 0. The quantitative estimate of drug-likeness (QED) is 0.809. The number of hydrogen-bond acceptors (Lipinski definition) is 2. The van der Waals surface area contributed by atoms with Crippen LogP contribution in [-0.2, 0) is 18.3 Å². The number of carbonyl (C=O) groups excluding carboxylic acids is 1. The number of H-pyrrole nitrogens is 1. The van der Waals surface area contributed by atoms with Crippen LogP contribution in [-0.4, -0.2) is 32.1 Å². The molecule has 1 fully saturated rings. The molecule has 23 heavy (non-hydrogen) atoms. The number of rotatable bonds is 3. The number of nitrogens with zero attached hydrogens (tertiary/aromatic N) is 3. The van der Waals surface area contributed by atoms with Gasteiger partial charge in [0.25, 0.3) is 0 Å². The van der Waals surface area contributed by atoms with Gasteiger partial charge in [-0.25, -0.2) is 0 Å². The van der Waals surface area contributed by atoms with E-state index in [1.807, 2.05) is 48.7 Å². The van der Waals surface area contributed by atoms with Crippen LogP contribution in [0.15, 0.2) is 42.9 Å². The molecular formula is C18H20N4O. The lowest BCUT2D eigenvalue weighted by Crippen LogP contribution is -2.31. The zero-order valence-corrected chi connectivity index (χ0v) is 13.2. The molecule has 1 aliphatic rings. The molecule has 0 bridgehead atoms. The van der Waals surface area contributed by atoms with Crippen molar-refractivity contribution in [3.8, 4) is 0 Å². The highest BCUT2D eigenvalue weighted by Crippen LogP contribution is 2.32. The molecule has 0 aliphatic carbocycles. The zero-order valence-electron chi connectivity index (χ0n) is 13.2. The Morgan fingerprint density at radius 2 is 2.26 bits per heavy atom. The number of aromatic nitrogens is 3. The Morgan fingerprint density at radius 1 is 1.39 bits per heavy atom. The molecule has 3 heterocycles. The molecule has 118 valence electrons. The summed E-state index contributed by atoms with van der Waals surface area (Å²) in [5.74, 6) is 0.195. The summed E-state index contributed by atoms with van der Waals surface area (Å²) in [5, 5.41) is 5.38. The predicted octanol–water partition coefficient (Wildman–Crippen LogP) is 2.81. The van der Waals surface area contributed by atoms with Gasteiger partial charge in [-0.2, -0.15) is 5.10 Å². The number of para-hydroxylation sites is 1. The molecule has 1 atom stereocenters. The van der Waals surface area contributed by atoms with Crippen LogP contribution in [0, 0.1) is 0 Å². The Kier molecular flexibility index (Phi) is 3.41.